The quantitative estimate of drug-likeness (QED) is 0.0262. The normalized spacial score (nSPS) is 13.0. The third-order valence-corrected chi connectivity index (χ3v) is 11.0. The summed E-state index contributed by atoms with van der Waals surface area (Å²) in [5.74, 6) is -0.964. The Balaban J connectivity index is 4.50. The van der Waals surface area contributed by atoms with E-state index in [0.29, 0.717) is 19.3 Å². The highest BCUT2D eigenvalue weighted by atomic mass is 16.6. The summed E-state index contributed by atoms with van der Waals surface area (Å²) >= 11 is 0. The second-order valence-corrected chi connectivity index (χ2v) is 17.4. The van der Waals surface area contributed by atoms with Gasteiger partial charge < -0.3 is 14.2 Å². The van der Waals surface area contributed by atoms with Gasteiger partial charge in [0.1, 0.15) is 13.2 Å². The molecular formula is C60H98O6. The molecule has 0 bridgehead atoms. The van der Waals surface area contributed by atoms with Crippen molar-refractivity contribution in [1.29, 1.82) is 0 Å². The predicted octanol–water partition coefficient (Wildman–Crippen LogP) is 17.9. The highest BCUT2D eigenvalue weighted by molar-refractivity contribution is 5.71. The highest BCUT2D eigenvalue weighted by Gasteiger charge is 2.19. The van der Waals surface area contributed by atoms with Crippen LogP contribution < -0.4 is 0 Å². The highest BCUT2D eigenvalue weighted by Crippen LogP contribution is 2.13. The largest absolute Gasteiger partial charge is 0.462 e. The number of hydrogen-bond donors (Lipinski definition) is 0. The summed E-state index contributed by atoms with van der Waals surface area (Å²) in [5, 5.41) is 0. The lowest BCUT2D eigenvalue weighted by Gasteiger charge is -2.18. The molecule has 0 aliphatic carbocycles. The van der Waals surface area contributed by atoms with E-state index in [0.717, 1.165) is 148 Å². The maximum absolute atomic E-state index is 12.8. The first-order chi connectivity index (χ1) is 32.5. The topological polar surface area (TPSA) is 78.9 Å². The van der Waals surface area contributed by atoms with E-state index in [2.05, 4.69) is 130 Å². The van der Waals surface area contributed by atoms with E-state index in [9.17, 15) is 14.4 Å². The molecule has 374 valence electrons. The summed E-state index contributed by atoms with van der Waals surface area (Å²) in [6, 6.07) is 0. The molecule has 66 heavy (non-hydrogen) atoms. The van der Waals surface area contributed by atoms with Crippen LogP contribution in [0.5, 0.6) is 0 Å². The average molecular weight is 915 g/mol. The molecule has 0 radical (unpaired) electrons. The zero-order valence-corrected chi connectivity index (χ0v) is 42.7. The number of carbonyl (C=O) groups excluding carboxylic acids is 3. The molecule has 0 aliphatic heterocycles. The molecule has 0 amide bonds. The monoisotopic (exact) mass is 915 g/mol. The minimum atomic E-state index is -0.806. The van der Waals surface area contributed by atoms with Crippen LogP contribution >= 0.6 is 0 Å². The third kappa shape index (κ3) is 51.1. The molecule has 0 aromatic heterocycles. The maximum Gasteiger partial charge on any atom is 0.306 e. The van der Waals surface area contributed by atoms with E-state index in [4.69, 9.17) is 14.2 Å². The Hall–Kier alpha value is -3.93. The van der Waals surface area contributed by atoms with Gasteiger partial charge in [-0.25, -0.2) is 0 Å². The molecule has 0 N–H and O–H groups in total. The lowest BCUT2D eigenvalue weighted by atomic mass is 10.1. The molecule has 1 unspecified atom stereocenters. The molecule has 0 saturated carbocycles. The molecule has 6 nitrogen and oxygen atoms in total. The van der Waals surface area contributed by atoms with E-state index in [-0.39, 0.29) is 31.1 Å². The van der Waals surface area contributed by atoms with Gasteiger partial charge in [-0.1, -0.05) is 201 Å². The fraction of sp³-hybridized carbons (Fsp3) is 0.650. The van der Waals surface area contributed by atoms with E-state index in [1.165, 1.54) is 44.9 Å². The van der Waals surface area contributed by atoms with Crippen LogP contribution in [-0.4, -0.2) is 37.2 Å². The van der Waals surface area contributed by atoms with Crippen molar-refractivity contribution in [2.75, 3.05) is 13.2 Å². The van der Waals surface area contributed by atoms with Crippen LogP contribution in [0.15, 0.2) is 109 Å². The second-order valence-electron chi connectivity index (χ2n) is 17.4. The number of allylic oxidation sites excluding steroid dienone is 18. The van der Waals surface area contributed by atoms with Crippen LogP contribution in [0.1, 0.15) is 233 Å². The summed E-state index contributed by atoms with van der Waals surface area (Å²) in [4.78, 5) is 38.1. The van der Waals surface area contributed by atoms with Crippen molar-refractivity contribution in [2.24, 2.45) is 0 Å². The van der Waals surface area contributed by atoms with E-state index < -0.39 is 6.10 Å². The summed E-state index contributed by atoms with van der Waals surface area (Å²) in [6.45, 7) is 6.34. The second kappa shape index (κ2) is 53.7. The van der Waals surface area contributed by atoms with Crippen molar-refractivity contribution in [1.82, 2.24) is 0 Å². The van der Waals surface area contributed by atoms with E-state index >= 15 is 0 Å². The van der Waals surface area contributed by atoms with Crippen molar-refractivity contribution < 1.29 is 28.6 Å². The number of esters is 3. The first kappa shape index (κ1) is 62.1. The smallest absolute Gasteiger partial charge is 0.306 e. The molecule has 0 aromatic rings. The molecule has 0 spiro atoms. The Labute approximate surface area is 406 Å². The maximum atomic E-state index is 12.8. The van der Waals surface area contributed by atoms with Crippen molar-refractivity contribution in [2.45, 2.75) is 239 Å². The first-order valence-corrected chi connectivity index (χ1v) is 26.9. The first-order valence-electron chi connectivity index (χ1n) is 26.9. The van der Waals surface area contributed by atoms with Gasteiger partial charge in [-0.2, -0.15) is 0 Å². The van der Waals surface area contributed by atoms with Gasteiger partial charge in [-0.05, 0) is 122 Å². The molecular weight excluding hydrogens is 817 g/mol. The van der Waals surface area contributed by atoms with Gasteiger partial charge in [0.15, 0.2) is 6.10 Å². The fourth-order valence-corrected chi connectivity index (χ4v) is 7.01. The van der Waals surface area contributed by atoms with Gasteiger partial charge >= 0.3 is 17.9 Å². The molecule has 6 heteroatoms. The summed E-state index contributed by atoms with van der Waals surface area (Å²) in [6.07, 6.45) is 72.1. The Morgan fingerprint density at radius 2 is 0.591 bits per heavy atom. The van der Waals surface area contributed by atoms with Crippen LogP contribution in [0.3, 0.4) is 0 Å². The molecule has 0 aliphatic rings. The molecule has 0 heterocycles. The number of ether oxygens (including phenoxy) is 3. The Morgan fingerprint density at radius 3 is 0.955 bits per heavy atom. The van der Waals surface area contributed by atoms with Crippen LogP contribution in [0.4, 0.5) is 0 Å². The zero-order valence-electron chi connectivity index (χ0n) is 42.7. The van der Waals surface area contributed by atoms with Gasteiger partial charge in [0.25, 0.3) is 0 Å². The number of rotatable bonds is 47. The molecule has 0 aromatic carbocycles. The van der Waals surface area contributed by atoms with Crippen LogP contribution in [0, 0.1) is 0 Å². The molecule has 0 fully saturated rings. The predicted molar refractivity (Wildman–Crippen MR) is 283 cm³/mol. The number of carbonyl (C=O) groups is 3. The minimum absolute atomic E-state index is 0.102. The fourth-order valence-electron chi connectivity index (χ4n) is 7.01. The minimum Gasteiger partial charge on any atom is -0.462 e. The lowest BCUT2D eigenvalue weighted by Crippen LogP contribution is -2.30. The summed E-state index contributed by atoms with van der Waals surface area (Å²) in [7, 11) is 0. The van der Waals surface area contributed by atoms with Gasteiger partial charge in [0.05, 0.1) is 0 Å². The van der Waals surface area contributed by atoms with Crippen molar-refractivity contribution in [3.8, 4) is 0 Å². The number of hydrogen-bond acceptors (Lipinski definition) is 6. The van der Waals surface area contributed by atoms with Crippen molar-refractivity contribution >= 4 is 17.9 Å². The van der Waals surface area contributed by atoms with Gasteiger partial charge in [0, 0.05) is 19.3 Å². The SMILES string of the molecule is CC/C=C\C/C=C\C/C=C\C/C=C\C/C=C\CCCCCC(=O)OCC(COC(=O)CCCCCCC/C=C\CCCCCCC)OC(=O)CCCCCCC/C=C\C/C=C\C/C=C\CC. The van der Waals surface area contributed by atoms with Crippen LogP contribution in [0.25, 0.3) is 0 Å². The Bertz CT molecular complexity index is 1370. The van der Waals surface area contributed by atoms with Crippen molar-refractivity contribution in [3.05, 3.63) is 109 Å². The van der Waals surface area contributed by atoms with Crippen LogP contribution in [-0.2, 0) is 28.6 Å². The molecule has 1 atom stereocenters. The third-order valence-electron chi connectivity index (χ3n) is 11.0. The van der Waals surface area contributed by atoms with Gasteiger partial charge in [0.2, 0.25) is 0 Å². The average Bonchev–Trinajstić information content (AvgIpc) is 3.31. The van der Waals surface area contributed by atoms with Crippen LogP contribution in [0.2, 0.25) is 0 Å². The summed E-state index contributed by atoms with van der Waals surface area (Å²) in [5.41, 5.74) is 0. The summed E-state index contributed by atoms with van der Waals surface area (Å²) < 4.78 is 16.8. The Kier molecular flexibility index (Phi) is 50.5. The van der Waals surface area contributed by atoms with Gasteiger partial charge in [-0.15, -0.1) is 0 Å². The Morgan fingerprint density at radius 1 is 0.318 bits per heavy atom. The zero-order chi connectivity index (χ0) is 47.9. The van der Waals surface area contributed by atoms with E-state index in [1.807, 2.05) is 0 Å². The standard InChI is InChI=1S/C60H98O6/c1-4-7-10-13-16-19-22-25-28-29-30-31-33-35-38-41-44-47-50-53-59(62)65-56-57(55-64-58(61)52-49-46-43-40-37-34-27-24-21-18-15-12-9-6-3)66-60(63)54-51-48-45-42-39-36-32-26-23-20-17-14-11-8-5-2/h7-8,10-11,16-17,19-20,24-28,30-32,35,38,57H,4-6,9,12-15,18,21-23,29,33-34,36-37,39-56H2,1-3H3/b10-7-,11-8-,19-16-,20-17-,27-24-,28-25-,31-30-,32-26-,38-35-. The lowest BCUT2D eigenvalue weighted by molar-refractivity contribution is -0.167. The van der Waals surface area contributed by atoms with E-state index in [1.54, 1.807) is 0 Å². The molecule has 0 saturated heterocycles. The van der Waals surface area contributed by atoms with Crippen molar-refractivity contribution in [3.63, 3.8) is 0 Å². The van der Waals surface area contributed by atoms with Gasteiger partial charge in [-0.3, -0.25) is 14.4 Å². The molecule has 0 rings (SSSR count). The number of unbranched alkanes of at least 4 members (excludes halogenated alkanes) is 18.